The monoisotopic (exact) mass is 416 g/mol. The average Bonchev–Trinajstić information content (AvgIpc) is 3.16. The summed E-state index contributed by atoms with van der Waals surface area (Å²) >= 11 is 0. The summed E-state index contributed by atoms with van der Waals surface area (Å²) in [4.78, 5) is 4.68. The third-order valence-electron chi connectivity index (χ3n) is 6.49. The molecule has 31 heavy (non-hydrogen) atoms. The highest BCUT2D eigenvalue weighted by molar-refractivity contribution is 5.77. The lowest BCUT2D eigenvalue weighted by Gasteiger charge is -2.29. The Morgan fingerprint density at radius 1 is 0.968 bits per heavy atom. The molecule has 2 unspecified atom stereocenters. The van der Waals surface area contributed by atoms with Gasteiger partial charge in [0.25, 0.3) is 0 Å². The molecule has 0 aliphatic carbocycles. The maximum absolute atomic E-state index is 6.23. The fourth-order valence-electron chi connectivity index (χ4n) is 4.98. The number of nitrogens with zero attached hydrogens (tertiary/aromatic N) is 3. The second kappa shape index (κ2) is 7.50. The zero-order valence-electron chi connectivity index (χ0n) is 17.4. The SMILES string of the molecule is COc1cc(-c2ccc3c(c2)COc2nc(OC4CC5CCC(C4)N5)ccc2-3)cnn1. The lowest BCUT2D eigenvalue weighted by Crippen LogP contribution is -2.42. The van der Waals surface area contributed by atoms with Crippen LogP contribution in [0, 0.1) is 0 Å². The van der Waals surface area contributed by atoms with Crippen LogP contribution in [0.2, 0.25) is 0 Å². The first kappa shape index (κ1) is 18.6. The number of piperidine rings is 1. The third-order valence-corrected chi connectivity index (χ3v) is 6.49. The Bertz CT molecular complexity index is 1120. The van der Waals surface area contributed by atoms with Gasteiger partial charge < -0.3 is 19.5 Å². The van der Waals surface area contributed by atoms with Gasteiger partial charge in [0.05, 0.1) is 13.3 Å². The van der Waals surface area contributed by atoms with Crippen LogP contribution in [0.1, 0.15) is 31.2 Å². The molecule has 2 saturated heterocycles. The van der Waals surface area contributed by atoms with Gasteiger partial charge in [0, 0.05) is 35.3 Å². The van der Waals surface area contributed by atoms with E-state index in [2.05, 4.69) is 44.8 Å². The van der Waals surface area contributed by atoms with Crippen molar-refractivity contribution in [2.45, 2.75) is 50.5 Å². The van der Waals surface area contributed by atoms with Gasteiger partial charge in [0.2, 0.25) is 17.6 Å². The van der Waals surface area contributed by atoms with E-state index in [-0.39, 0.29) is 6.10 Å². The minimum Gasteiger partial charge on any atom is -0.480 e. The molecule has 0 amide bonds. The van der Waals surface area contributed by atoms with E-state index in [1.807, 2.05) is 12.1 Å². The largest absolute Gasteiger partial charge is 0.480 e. The number of methoxy groups -OCH3 is 1. The molecule has 2 atom stereocenters. The molecule has 1 aromatic carbocycles. The highest BCUT2D eigenvalue weighted by Gasteiger charge is 2.34. The number of nitrogens with one attached hydrogen (secondary N) is 1. The molecular weight excluding hydrogens is 392 g/mol. The van der Waals surface area contributed by atoms with E-state index in [9.17, 15) is 0 Å². The lowest BCUT2D eigenvalue weighted by molar-refractivity contribution is 0.130. The normalized spacial score (nSPS) is 23.5. The first-order chi connectivity index (χ1) is 15.2. The summed E-state index contributed by atoms with van der Waals surface area (Å²) in [7, 11) is 1.59. The van der Waals surface area contributed by atoms with E-state index in [4.69, 9.17) is 14.2 Å². The number of benzene rings is 1. The summed E-state index contributed by atoms with van der Waals surface area (Å²) in [6.07, 6.45) is 6.58. The number of ether oxygens (including phenoxy) is 3. The highest BCUT2D eigenvalue weighted by Crippen LogP contribution is 2.39. The predicted octanol–water partition coefficient (Wildman–Crippen LogP) is 3.77. The molecule has 0 spiro atoms. The van der Waals surface area contributed by atoms with Crippen LogP contribution in [-0.4, -0.2) is 40.5 Å². The molecule has 158 valence electrons. The number of pyridine rings is 1. The molecule has 3 aliphatic rings. The van der Waals surface area contributed by atoms with Gasteiger partial charge in [-0.1, -0.05) is 12.1 Å². The van der Waals surface area contributed by atoms with E-state index in [0.29, 0.717) is 36.3 Å². The van der Waals surface area contributed by atoms with E-state index in [1.165, 1.54) is 12.8 Å². The van der Waals surface area contributed by atoms with Crippen LogP contribution in [0.4, 0.5) is 0 Å². The Morgan fingerprint density at radius 3 is 2.65 bits per heavy atom. The van der Waals surface area contributed by atoms with Gasteiger partial charge in [0.15, 0.2) is 0 Å². The van der Waals surface area contributed by atoms with Crippen LogP contribution in [0.3, 0.4) is 0 Å². The van der Waals surface area contributed by atoms with Crippen molar-refractivity contribution in [1.29, 1.82) is 0 Å². The predicted molar refractivity (Wildman–Crippen MR) is 115 cm³/mol. The number of hydrogen-bond acceptors (Lipinski definition) is 7. The van der Waals surface area contributed by atoms with Crippen LogP contribution < -0.4 is 19.5 Å². The van der Waals surface area contributed by atoms with Crippen molar-refractivity contribution in [2.24, 2.45) is 0 Å². The summed E-state index contributed by atoms with van der Waals surface area (Å²) in [5.74, 6) is 1.79. The topological polar surface area (TPSA) is 78.4 Å². The quantitative estimate of drug-likeness (QED) is 0.694. The summed E-state index contributed by atoms with van der Waals surface area (Å²) in [6.45, 7) is 0.472. The highest BCUT2D eigenvalue weighted by atomic mass is 16.5. The van der Waals surface area contributed by atoms with Crippen LogP contribution >= 0.6 is 0 Å². The van der Waals surface area contributed by atoms with Crippen molar-refractivity contribution in [1.82, 2.24) is 20.5 Å². The Labute approximate surface area is 180 Å². The fraction of sp³-hybridized carbons (Fsp3) is 0.375. The first-order valence-corrected chi connectivity index (χ1v) is 10.8. The average molecular weight is 416 g/mol. The van der Waals surface area contributed by atoms with Gasteiger partial charge in [-0.15, -0.1) is 5.10 Å². The fourth-order valence-corrected chi connectivity index (χ4v) is 4.98. The summed E-state index contributed by atoms with van der Waals surface area (Å²) in [6, 6.07) is 13.4. The summed E-state index contributed by atoms with van der Waals surface area (Å²) < 4.78 is 17.4. The minimum absolute atomic E-state index is 0.230. The molecule has 2 fully saturated rings. The van der Waals surface area contributed by atoms with Gasteiger partial charge in [0.1, 0.15) is 12.7 Å². The molecule has 3 aliphatic heterocycles. The smallest absolute Gasteiger partial charge is 0.233 e. The maximum Gasteiger partial charge on any atom is 0.233 e. The molecule has 0 saturated carbocycles. The van der Waals surface area contributed by atoms with Gasteiger partial charge in [-0.2, -0.15) is 10.1 Å². The van der Waals surface area contributed by atoms with Crippen LogP contribution in [0.5, 0.6) is 17.6 Å². The molecule has 0 radical (unpaired) electrons. The van der Waals surface area contributed by atoms with Crippen LogP contribution in [0.15, 0.2) is 42.6 Å². The Morgan fingerprint density at radius 2 is 1.81 bits per heavy atom. The van der Waals surface area contributed by atoms with Crippen molar-refractivity contribution >= 4 is 0 Å². The molecule has 1 N–H and O–H groups in total. The van der Waals surface area contributed by atoms with Gasteiger partial charge in [-0.3, -0.25) is 0 Å². The van der Waals surface area contributed by atoms with Crippen molar-refractivity contribution in [3.63, 3.8) is 0 Å². The summed E-state index contributed by atoms with van der Waals surface area (Å²) in [5, 5.41) is 11.6. The van der Waals surface area contributed by atoms with Crippen molar-refractivity contribution in [2.75, 3.05) is 7.11 Å². The van der Waals surface area contributed by atoms with Gasteiger partial charge in [-0.25, -0.2) is 0 Å². The number of hydrogen-bond donors (Lipinski definition) is 1. The van der Waals surface area contributed by atoms with Crippen molar-refractivity contribution in [3.05, 3.63) is 48.2 Å². The van der Waals surface area contributed by atoms with E-state index in [1.54, 1.807) is 13.3 Å². The molecule has 7 nitrogen and oxygen atoms in total. The van der Waals surface area contributed by atoms with E-state index < -0.39 is 0 Å². The number of fused-ring (bicyclic) bond motifs is 5. The second-order valence-electron chi connectivity index (χ2n) is 8.50. The second-order valence-corrected chi connectivity index (χ2v) is 8.50. The third kappa shape index (κ3) is 3.49. The molecular formula is C24H24N4O3. The van der Waals surface area contributed by atoms with Crippen LogP contribution in [0.25, 0.3) is 22.3 Å². The Kier molecular flexibility index (Phi) is 4.49. The Hall–Kier alpha value is -3.19. The number of rotatable bonds is 4. The minimum atomic E-state index is 0.230. The van der Waals surface area contributed by atoms with Gasteiger partial charge in [-0.05, 0) is 54.5 Å². The van der Waals surface area contributed by atoms with Gasteiger partial charge >= 0.3 is 0 Å². The number of aromatic nitrogens is 3. The van der Waals surface area contributed by atoms with E-state index in [0.717, 1.165) is 40.7 Å². The van der Waals surface area contributed by atoms with Crippen LogP contribution in [-0.2, 0) is 6.61 Å². The molecule has 2 bridgehead atoms. The standard InChI is InChI=1S/C24H24N4O3/c1-29-23-9-15(12-25-28-23)14-2-5-20-16(8-14)13-30-24-21(20)6-7-22(27-24)31-19-10-17-3-4-18(11-19)26-17/h2,5-9,12,17-19,26H,3-4,10-11,13H2,1H3. The molecule has 6 rings (SSSR count). The molecule has 3 aromatic rings. The molecule has 5 heterocycles. The molecule has 2 aromatic heterocycles. The Balaban J connectivity index is 1.25. The van der Waals surface area contributed by atoms with Crippen molar-refractivity contribution < 1.29 is 14.2 Å². The summed E-state index contributed by atoms with van der Waals surface area (Å²) in [5.41, 5.74) is 5.26. The maximum atomic E-state index is 6.23. The zero-order valence-corrected chi connectivity index (χ0v) is 17.4. The van der Waals surface area contributed by atoms with E-state index >= 15 is 0 Å². The lowest BCUT2D eigenvalue weighted by atomic mass is 9.95. The van der Waals surface area contributed by atoms with Crippen molar-refractivity contribution in [3.8, 4) is 39.9 Å². The first-order valence-electron chi connectivity index (χ1n) is 10.8. The molecule has 7 heteroatoms. The zero-order chi connectivity index (χ0) is 20.8.